The van der Waals surface area contributed by atoms with Crippen molar-refractivity contribution in [3.63, 3.8) is 0 Å². The Kier molecular flexibility index (Phi) is 4.05. The molecule has 86 valence electrons. The number of hydrogen-bond acceptors (Lipinski definition) is 2. The number of carbonyl (C=O) groups is 2. The van der Waals surface area contributed by atoms with E-state index in [0.717, 1.165) is 5.56 Å². The molecular weight excluding hydrogens is 204 g/mol. The van der Waals surface area contributed by atoms with E-state index < -0.39 is 0 Å². The predicted molar refractivity (Wildman–Crippen MR) is 61.4 cm³/mol. The first kappa shape index (κ1) is 12.2. The maximum atomic E-state index is 11.8. The zero-order chi connectivity index (χ0) is 12.1. The molecule has 1 aromatic carbocycles. The Morgan fingerprint density at radius 1 is 1.06 bits per heavy atom. The summed E-state index contributed by atoms with van der Waals surface area (Å²) in [6, 6.07) is 9.45. The number of benzene rings is 1. The summed E-state index contributed by atoms with van der Waals surface area (Å²) in [4.78, 5) is 22.9. The van der Waals surface area contributed by atoms with E-state index in [1.807, 2.05) is 30.3 Å². The molecule has 1 rings (SSSR count). The summed E-state index contributed by atoms with van der Waals surface area (Å²) in [5.41, 5.74) is 0.941. The molecule has 0 atom stereocenters. The van der Waals surface area contributed by atoms with Gasteiger partial charge in [0, 0.05) is 21.0 Å². The van der Waals surface area contributed by atoms with Crippen LogP contribution in [0.2, 0.25) is 0 Å². The predicted octanol–water partition coefficient (Wildman–Crippen LogP) is 1.08. The molecule has 16 heavy (non-hydrogen) atoms. The van der Waals surface area contributed by atoms with Crippen LogP contribution >= 0.6 is 0 Å². The van der Waals surface area contributed by atoms with Gasteiger partial charge in [0.05, 0.1) is 6.42 Å². The van der Waals surface area contributed by atoms with Gasteiger partial charge < -0.3 is 0 Å². The minimum atomic E-state index is -0.163. The highest BCUT2D eigenvalue weighted by Crippen LogP contribution is 2.03. The zero-order valence-corrected chi connectivity index (χ0v) is 9.80. The Bertz CT molecular complexity index is 376. The lowest BCUT2D eigenvalue weighted by Crippen LogP contribution is -2.44. The molecule has 2 amide bonds. The number of nitrogens with zero attached hydrogens (tertiary/aromatic N) is 2. The average Bonchev–Trinajstić information content (AvgIpc) is 2.28. The largest absolute Gasteiger partial charge is 0.273 e. The molecule has 0 aliphatic carbocycles. The number of hydrogen-bond donors (Lipinski definition) is 0. The highest BCUT2D eigenvalue weighted by molar-refractivity contribution is 5.82. The van der Waals surface area contributed by atoms with E-state index in [2.05, 4.69) is 0 Å². The minimum Gasteiger partial charge on any atom is -0.273 e. The van der Waals surface area contributed by atoms with Crippen LogP contribution in [0.15, 0.2) is 30.3 Å². The van der Waals surface area contributed by atoms with Crippen LogP contribution in [0.1, 0.15) is 12.5 Å². The van der Waals surface area contributed by atoms with Crippen molar-refractivity contribution in [2.45, 2.75) is 13.3 Å². The Labute approximate surface area is 95.4 Å². The quantitative estimate of drug-likeness (QED) is 0.700. The molecule has 0 saturated carbocycles. The van der Waals surface area contributed by atoms with Gasteiger partial charge in [0.2, 0.25) is 11.8 Å². The van der Waals surface area contributed by atoms with Crippen molar-refractivity contribution < 1.29 is 9.59 Å². The molecule has 0 N–H and O–H groups in total. The van der Waals surface area contributed by atoms with Gasteiger partial charge in [-0.25, -0.2) is 0 Å². The van der Waals surface area contributed by atoms with E-state index in [1.54, 1.807) is 14.1 Å². The lowest BCUT2D eigenvalue weighted by Gasteiger charge is -2.27. The van der Waals surface area contributed by atoms with Crippen LogP contribution in [0.5, 0.6) is 0 Å². The normalized spacial score (nSPS) is 9.69. The number of hydrazine groups is 1. The van der Waals surface area contributed by atoms with E-state index in [-0.39, 0.29) is 11.8 Å². The average molecular weight is 220 g/mol. The standard InChI is InChI=1S/C12H16N2O2/c1-10(15)13(2)14(3)12(16)9-11-7-5-4-6-8-11/h4-8H,9H2,1-3H3. The van der Waals surface area contributed by atoms with Crippen molar-refractivity contribution in [3.8, 4) is 0 Å². The molecule has 4 heteroatoms. The van der Waals surface area contributed by atoms with E-state index in [0.29, 0.717) is 6.42 Å². The third-order valence-electron chi connectivity index (χ3n) is 2.46. The first-order valence-electron chi connectivity index (χ1n) is 5.07. The minimum absolute atomic E-state index is 0.107. The Morgan fingerprint density at radius 3 is 2.12 bits per heavy atom. The van der Waals surface area contributed by atoms with Crippen molar-refractivity contribution in [3.05, 3.63) is 35.9 Å². The molecule has 1 aromatic rings. The third-order valence-corrected chi connectivity index (χ3v) is 2.46. The molecule has 4 nitrogen and oxygen atoms in total. The maximum Gasteiger partial charge on any atom is 0.245 e. The molecule has 0 spiro atoms. The van der Waals surface area contributed by atoms with Crippen LogP contribution < -0.4 is 0 Å². The van der Waals surface area contributed by atoms with E-state index in [1.165, 1.54) is 16.9 Å². The van der Waals surface area contributed by atoms with E-state index in [4.69, 9.17) is 0 Å². The summed E-state index contributed by atoms with van der Waals surface area (Å²) in [5, 5.41) is 2.63. The van der Waals surface area contributed by atoms with Crippen LogP contribution in [0.3, 0.4) is 0 Å². The van der Waals surface area contributed by atoms with Crippen molar-refractivity contribution in [2.24, 2.45) is 0 Å². The highest BCUT2D eigenvalue weighted by atomic mass is 16.2. The SMILES string of the molecule is CC(=O)N(C)N(C)C(=O)Cc1ccccc1. The van der Waals surface area contributed by atoms with Crippen molar-refractivity contribution in [2.75, 3.05) is 14.1 Å². The Morgan fingerprint density at radius 2 is 1.62 bits per heavy atom. The summed E-state index contributed by atoms with van der Waals surface area (Å²) in [7, 11) is 3.16. The van der Waals surface area contributed by atoms with Crippen LogP contribution in [0.4, 0.5) is 0 Å². The molecule has 0 saturated heterocycles. The highest BCUT2D eigenvalue weighted by Gasteiger charge is 2.15. The number of likely N-dealkylation sites (N-methyl/N-ethyl adjacent to an activating group) is 1. The Balaban J connectivity index is 2.63. The number of rotatable bonds is 2. The fourth-order valence-electron chi connectivity index (χ4n) is 1.26. The van der Waals surface area contributed by atoms with Crippen LogP contribution in [0, 0.1) is 0 Å². The van der Waals surface area contributed by atoms with Gasteiger partial charge in [-0.1, -0.05) is 30.3 Å². The fraction of sp³-hybridized carbons (Fsp3) is 0.333. The monoisotopic (exact) mass is 220 g/mol. The van der Waals surface area contributed by atoms with Crippen molar-refractivity contribution in [1.82, 2.24) is 10.0 Å². The lowest BCUT2D eigenvalue weighted by molar-refractivity contribution is -0.155. The molecule has 0 radical (unpaired) electrons. The fourth-order valence-corrected chi connectivity index (χ4v) is 1.26. The van der Waals surface area contributed by atoms with Gasteiger partial charge in [0.1, 0.15) is 0 Å². The second-order valence-corrected chi connectivity index (χ2v) is 3.62. The molecule has 0 bridgehead atoms. The summed E-state index contributed by atoms with van der Waals surface area (Å²) >= 11 is 0. The topological polar surface area (TPSA) is 40.6 Å². The summed E-state index contributed by atoms with van der Waals surface area (Å²) in [6.07, 6.45) is 0.301. The molecule has 0 fully saturated rings. The van der Waals surface area contributed by atoms with Crippen LogP contribution in [-0.2, 0) is 16.0 Å². The Hall–Kier alpha value is -1.84. The summed E-state index contributed by atoms with van der Waals surface area (Å²) < 4.78 is 0. The molecule has 0 aliphatic rings. The summed E-state index contributed by atoms with van der Waals surface area (Å²) in [6.45, 7) is 1.42. The van der Waals surface area contributed by atoms with Gasteiger partial charge in [-0.15, -0.1) is 0 Å². The van der Waals surface area contributed by atoms with Gasteiger partial charge in [-0.2, -0.15) is 0 Å². The molecular formula is C12H16N2O2. The van der Waals surface area contributed by atoms with Crippen LogP contribution in [-0.4, -0.2) is 35.9 Å². The van der Waals surface area contributed by atoms with Crippen LogP contribution in [0.25, 0.3) is 0 Å². The van der Waals surface area contributed by atoms with Gasteiger partial charge in [0.15, 0.2) is 0 Å². The smallest absolute Gasteiger partial charge is 0.245 e. The van der Waals surface area contributed by atoms with Gasteiger partial charge >= 0.3 is 0 Å². The lowest BCUT2D eigenvalue weighted by atomic mass is 10.1. The molecule has 0 unspecified atom stereocenters. The van der Waals surface area contributed by atoms with Gasteiger partial charge in [0.25, 0.3) is 0 Å². The maximum absolute atomic E-state index is 11.8. The van der Waals surface area contributed by atoms with Gasteiger partial charge in [-0.05, 0) is 5.56 Å². The first-order valence-corrected chi connectivity index (χ1v) is 5.07. The number of amides is 2. The summed E-state index contributed by atoms with van der Waals surface area (Å²) in [5.74, 6) is -0.271. The molecule has 0 aromatic heterocycles. The molecule has 0 aliphatic heterocycles. The van der Waals surface area contributed by atoms with Crippen molar-refractivity contribution in [1.29, 1.82) is 0 Å². The molecule has 0 heterocycles. The third kappa shape index (κ3) is 3.08. The van der Waals surface area contributed by atoms with E-state index >= 15 is 0 Å². The van der Waals surface area contributed by atoms with Gasteiger partial charge in [-0.3, -0.25) is 19.6 Å². The van der Waals surface area contributed by atoms with Crippen molar-refractivity contribution >= 4 is 11.8 Å². The second kappa shape index (κ2) is 5.30. The van der Waals surface area contributed by atoms with E-state index in [9.17, 15) is 9.59 Å². The number of carbonyl (C=O) groups excluding carboxylic acids is 2. The zero-order valence-electron chi connectivity index (χ0n) is 9.80. The first-order chi connectivity index (χ1) is 7.52. The second-order valence-electron chi connectivity index (χ2n) is 3.62.